The minimum Gasteiger partial charge on any atom is -0.744 e. The molecule has 0 saturated heterocycles. The van der Waals surface area contributed by atoms with Crippen LogP contribution < -0.4 is 10.6 Å². The minimum absolute atomic E-state index is 0.0379. The second-order valence-electron chi connectivity index (χ2n) is 8.67. The van der Waals surface area contributed by atoms with Crippen LogP contribution in [0.2, 0.25) is 0 Å². The Kier molecular flexibility index (Phi) is 10.8. The van der Waals surface area contributed by atoms with Crippen molar-refractivity contribution in [1.29, 1.82) is 0 Å². The van der Waals surface area contributed by atoms with Gasteiger partial charge in [0, 0.05) is 19.0 Å². The summed E-state index contributed by atoms with van der Waals surface area (Å²) in [7, 11) is -4.27. The monoisotopic (exact) mass is 551 g/mol. The minimum atomic E-state index is -4.27. The summed E-state index contributed by atoms with van der Waals surface area (Å²) in [5.41, 5.74) is 5.67. The lowest BCUT2D eigenvalue weighted by molar-refractivity contribution is -0.141. The van der Waals surface area contributed by atoms with E-state index in [0.717, 1.165) is 5.56 Å². The number of aryl methyl sites for hydroxylation is 1. The first-order valence-corrected chi connectivity index (χ1v) is 13.7. The Bertz CT molecular complexity index is 1340. The van der Waals surface area contributed by atoms with E-state index in [9.17, 15) is 22.6 Å². The zero-order chi connectivity index (χ0) is 28.3. The van der Waals surface area contributed by atoms with Gasteiger partial charge in [0.1, 0.15) is 23.3 Å². The number of carbonyl (C=O) groups excluding carboxylic acids is 2. The van der Waals surface area contributed by atoms with E-state index in [2.05, 4.69) is 41.5 Å². The van der Waals surface area contributed by atoms with Crippen molar-refractivity contribution in [1.82, 2.24) is 10.6 Å². The SMILES string of the molecule is C=CCOC(=O)CNCCNC(=O)OCC1c2ccccc2-c2ccccc21.Cc1ccc(S(=O)(=O)[O-])cc1. The number of esters is 1. The zero-order valence-electron chi connectivity index (χ0n) is 21.6. The molecule has 0 aliphatic heterocycles. The Morgan fingerprint density at radius 1 is 0.923 bits per heavy atom. The number of hydrogen-bond acceptors (Lipinski definition) is 8. The van der Waals surface area contributed by atoms with Crippen molar-refractivity contribution >= 4 is 22.2 Å². The maximum atomic E-state index is 12.0. The van der Waals surface area contributed by atoms with Crippen LogP contribution in [0.3, 0.4) is 0 Å². The van der Waals surface area contributed by atoms with E-state index >= 15 is 0 Å². The zero-order valence-corrected chi connectivity index (χ0v) is 22.4. The van der Waals surface area contributed by atoms with Crippen LogP contribution in [0, 0.1) is 6.92 Å². The molecule has 0 spiro atoms. The topological polar surface area (TPSA) is 134 Å². The van der Waals surface area contributed by atoms with Crippen LogP contribution in [-0.4, -0.2) is 57.9 Å². The summed E-state index contributed by atoms with van der Waals surface area (Å²) in [6.07, 6.45) is 1.04. The Balaban J connectivity index is 0.000000320. The number of carbonyl (C=O) groups is 2. The largest absolute Gasteiger partial charge is 0.744 e. The van der Waals surface area contributed by atoms with Gasteiger partial charge in [0.2, 0.25) is 0 Å². The smallest absolute Gasteiger partial charge is 0.407 e. The van der Waals surface area contributed by atoms with Crippen LogP contribution in [0.15, 0.2) is 90.3 Å². The average molecular weight is 552 g/mol. The molecule has 0 unspecified atom stereocenters. The van der Waals surface area contributed by atoms with Gasteiger partial charge in [-0.05, 0) is 41.3 Å². The van der Waals surface area contributed by atoms with Crippen LogP contribution in [0.25, 0.3) is 11.1 Å². The third-order valence-electron chi connectivity index (χ3n) is 5.86. The molecule has 9 nitrogen and oxygen atoms in total. The van der Waals surface area contributed by atoms with Crippen LogP contribution >= 0.6 is 0 Å². The third-order valence-corrected chi connectivity index (χ3v) is 6.71. The van der Waals surface area contributed by atoms with Crippen molar-refractivity contribution in [2.24, 2.45) is 0 Å². The predicted octanol–water partition coefficient (Wildman–Crippen LogP) is 3.74. The Hall–Kier alpha value is -3.99. The summed E-state index contributed by atoms with van der Waals surface area (Å²) in [5, 5.41) is 5.57. The molecule has 3 aromatic rings. The van der Waals surface area contributed by atoms with E-state index < -0.39 is 16.2 Å². The maximum absolute atomic E-state index is 12.0. The standard InChI is InChI=1S/C22H24N2O4.C7H8O3S/c1-2-13-27-21(25)14-23-11-12-24-22(26)28-15-20-18-9-5-3-7-16(18)17-8-4-6-10-19(17)20;1-6-2-4-7(5-3-6)11(8,9)10/h2-10,20,23H,1,11-15H2,(H,24,26);2-5H,1H3,(H,8,9,10)/p-1. The highest BCUT2D eigenvalue weighted by Gasteiger charge is 2.28. The van der Waals surface area contributed by atoms with Gasteiger partial charge in [-0.2, -0.15) is 0 Å². The van der Waals surface area contributed by atoms with Gasteiger partial charge in [-0.1, -0.05) is 78.9 Å². The van der Waals surface area contributed by atoms with Gasteiger partial charge >= 0.3 is 12.1 Å². The van der Waals surface area contributed by atoms with Crippen LogP contribution in [-0.2, 0) is 24.4 Å². The number of hydrogen-bond donors (Lipinski definition) is 2. The molecule has 2 N–H and O–H groups in total. The van der Waals surface area contributed by atoms with E-state index in [-0.39, 0.29) is 36.5 Å². The number of alkyl carbamates (subject to hydrolysis) is 1. The Morgan fingerprint density at radius 3 is 2.08 bits per heavy atom. The molecule has 1 amide bonds. The summed E-state index contributed by atoms with van der Waals surface area (Å²) in [6, 6.07) is 22.2. The fourth-order valence-corrected chi connectivity index (χ4v) is 4.47. The molecule has 0 saturated carbocycles. The second kappa shape index (κ2) is 14.2. The van der Waals surface area contributed by atoms with Gasteiger partial charge in [0.05, 0.1) is 11.4 Å². The van der Waals surface area contributed by atoms with Crippen molar-refractivity contribution in [3.63, 3.8) is 0 Å². The molecule has 0 atom stereocenters. The van der Waals surface area contributed by atoms with Gasteiger partial charge in [0.25, 0.3) is 0 Å². The van der Waals surface area contributed by atoms with Crippen molar-refractivity contribution in [2.75, 3.05) is 32.8 Å². The van der Waals surface area contributed by atoms with Gasteiger partial charge in [0.15, 0.2) is 0 Å². The number of amides is 1. The molecule has 0 aromatic heterocycles. The number of fused-ring (bicyclic) bond motifs is 3. The highest BCUT2D eigenvalue weighted by Crippen LogP contribution is 2.44. The number of rotatable bonds is 10. The maximum Gasteiger partial charge on any atom is 0.407 e. The van der Waals surface area contributed by atoms with Gasteiger partial charge in [-0.3, -0.25) is 4.79 Å². The lowest BCUT2D eigenvalue weighted by Crippen LogP contribution is -2.35. The summed E-state index contributed by atoms with van der Waals surface area (Å²) in [6.45, 7) is 6.64. The molecule has 206 valence electrons. The van der Waals surface area contributed by atoms with Gasteiger partial charge < -0.3 is 24.7 Å². The summed E-state index contributed by atoms with van der Waals surface area (Å²) in [4.78, 5) is 23.1. The molecule has 3 aromatic carbocycles. The van der Waals surface area contributed by atoms with Crippen molar-refractivity contribution < 1.29 is 32.0 Å². The second-order valence-corrected chi connectivity index (χ2v) is 10.0. The quantitative estimate of drug-likeness (QED) is 0.168. The molecular formula is C29H31N2O7S-. The highest BCUT2D eigenvalue weighted by molar-refractivity contribution is 7.85. The van der Waals surface area contributed by atoms with E-state index in [1.165, 1.54) is 40.5 Å². The van der Waals surface area contributed by atoms with Crippen molar-refractivity contribution in [3.05, 3.63) is 102 Å². The lowest BCUT2D eigenvalue weighted by Gasteiger charge is -2.14. The van der Waals surface area contributed by atoms with E-state index in [4.69, 9.17) is 9.47 Å². The molecule has 0 fully saturated rings. The summed E-state index contributed by atoms with van der Waals surface area (Å²) >= 11 is 0. The van der Waals surface area contributed by atoms with E-state index in [1.54, 1.807) is 12.1 Å². The first-order chi connectivity index (χ1) is 18.7. The molecule has 4 rings (SSSR count). The molecule has 39 heavy (non-hydrogen) atoms. The molecular weight excluding hydrogens is 520 g/mol. The fraction of sp³-hybridized carbons (Fsp3) is 0.241. The average Bonchev–Trinajstić information content (AvgIpc) is 3.24. The van der Waals surface area contributed by atoms with E-state index in [1.807, 2.05) is 31.2 Å². The number of ether oxygens (including phenoxy) is 2. The fourth-order valence-electron chi connectivity index (χ4n) is 4.00. The van der Waals surface area contributed by atoms with Gasteiger partial charge in [-0.25, -0.2) is 13.2 Å². The highest BCUT2D eigenvalue weighted by atomic mass is 32.2. The lowest BCUT2D eigenvalue weighted by atomic mass is 9.98. The summed E-state index contributed by atoms with van der Waals surface area (Å²) in [5.74, 6) is -0.322. The summed E-state index contributed by atoms with van der Waals surface area (Å²) < 4.78 is 41.4. The molecule has 1 aliphatic carbocycles. The molecule has 10 heteroatoms. The molecule has 0 heterocycles. The number of benzene rings is 3. The molecule has 1 aliphatic rings. The van der Waals surface area contributed by atoms with E-state index in [0.29, 0.717) is 13.1 Å². The van der Waals surface area contributed by atoms with Crippen molar-refractivity contribution in [3.8, 4) is 11.1 Å². The van der Waals surface area contributed by atoms with Crippen LogP contribution in [0.5, 0.6) is 0 Å². The van der Waals surface area contributed by atoms with Crippen molar-refractivity contribution in [2.45, 2.75) is 17.7 Å². The first kappa shape index (κ1) is 29.6. The molecule has 0 bridgehead atoms. The van der Waals surface area contributed by atoms with Crippen LogP contribution in [0.4, 0.5) is 4.79 Å². The predicted molar refractivity (Wildman–Crippen MR) is 146 cm³/mol. The normalized spacial score (nSPS) is 11.8. The third kappa shape index (κ3) is 8.78. The first-order valence-electron chi connectivity index (χ1n) is 12.3. The van der Waals surface area contributed by atoms with Crippen LogP contribution in [0.1, 0.15) is 22.6 Å². The Morgan fingerprint density at radius 2 is 1.51 bits per heavy atom. The number of nitrogens with one attached hydrogen (secondary N) is 2. The Labute approximate surface area is 228 Å². The molecule has 0 radical (unpaired) electrons. The van der Waals surface area contributed by atoms with Gasteiger partial charge in [-0.15, -0.1) is 0 Å².